The Morgan fingerprint density at radius 2 is 1.84 bits per heavy atom. The van der Waals surface area contributed by atoms with E-state index in [1.165, 1.54) is 32.1 Å². The van der Waals surface area contributed by atoms with Crippen LogP contribution in [0.25, 0.3) is 0 Å². The molecule has 1 unspecified atom stereocenters. The van der Waals surface area contributed by atoms with Crippen LogP contribution in [0.5, 0.6) is 0 Å². The van der Waals surface area contributed by atoms with Crippen LogP contribution in [-0.2, 0) is 6.42 Å². The molecule has 0 aromatic heterocycles. The van der Waals surface area contributed by atoms with Gasteiger partial charge in [0.1, 0.15) is 0 Å². The van der Waals surface area contributed by atoms with Gasteiger partial charge in [-0.3, -0.25) is 9.79 Å². The lowest BCUT2D eigenvalue weighted by Gasteiger charge is -2.34. The Morgan fingerprint density at radius 1 is 1.13 bits per heavy atom. The van der Waals surface area contributed by atoms with Crippen LogP contribution in [0, 0.1) is 5.92 Å². The standard InChI is InChI=1S/C24H41N5O.HI/c1-6-25-24(27-18-22(28(2)3)20-12-8-7-9-13-20)26-16-15-19-11-10-14-21(17-19)23(30)29(4)5;/h10-11,14,17,20,22H,6-9,12-13,15-16,18H2,1-5H3,(H2,25,26,27);1H. The fourth-order valence-electron chi connectivity index (χ4n) is 4.22. The van der Waals surface area contributed by atoms with Gasteiger partial charge in [0.25, 0.3) is 5.91 Å². The maximum Gasteiger partial charge on any atom is 0.253 e. The predicted octanol–water partition coefficient (Wildman–Crippen LogP) is 3.61. The smallest absolute Gasteiger partial charge is 0.253 e. The average molecular weight is 544 g/mol. The normalized spacial score (nSPS) is 15.9. The molecule has 1 aliphatic carbocycles. The van der Waals surface area contributed by atoms with Crippen LogP contribution >= 0.6 is 24.0 Å². The van der Waals surface area contributed by atoms with Gasteiger partial charge in [-0.15, -0.1) is 24.0 Å². The molecule has 0 aliphatic heterocycles. The molecule has 7 heteroatoms. The number of hydrogen-bond acceptors (Lipinski definition) is 3. The van der Waals surface area contributed by atoms with E-state index >= 15 is 0 Å². The van der Waals surface area contributed by atoms with Crippen LogP contribution in [0.2, 0.25) is 0 Å². The van der Waals surface area contributed by atoms with Crippen LogP contribution in [0.3, 0.4) is 0 Å². The maximum atomic E-state index is 12.2. The quantitative estimate of drug-likeness (QED) is 0.284. The van der Waals surface area contributed by atoms with Gasteiger partial charge in [0, 0.05) is 38.8 Å². The van der Waals surface area contributed by atoms with Crippen molar-refractivity contribution in [1.82, 2.24) is 20.4 Å². The van der Waals surface area contributed by atoms with Crippen molar-refractivity contribution >= 4 is 35.8 Å². The Morgan fingerprint density at radius 3 is 2.45 bits per heavy atom. The van der Waals surface area contributed by atoms with E-state index in [2.05, 4.69) is 42.6 Å². The van der Waals surface area contributed by atoms with Crippen molar-refractivity contribution in [2.24, 2.45) is 10.9 Å². The zero-order chi connectivity index (χ0) is 21.9. The van der Waals surface area contributed by atoms with Crippen molar-refractivity contribution < 1.29 is 4.79 Å². The number of carbonyl (C=O) groups is 1. The van der Waals surface area contributed by atoms with Gasteiger partial charge in [0.2, 0.25) is 0 Å². The van der Waals surface area contributed by atoms with Crippen LogP contribution in [0.1, 0.15) is 54.9 Å². The molecule has 176 valence electrons. The van der Waals surface area contributed by atoms with E-state index in [1.54, 1.807) is 19.0 Å². The van der Waals surface area contributed by atoms with E-state index < -0.39 is 0 Å². The number of nitrogens with one attached hydrogen (secondary N) is 2. The van der Waals surface area contributed by atoms with Gasteiger partial charge in [-0.1, -0.05) is 31.4 Å². The fraction of sp³-hybridized carbons (Fsp3) is 0.667. The van der Waals surface area contributed by atoms with E-state index in [0.29, 0.717) is 6.04 Å². The van der Waals surface area contributed by atoms with Crippen molar-refractivity contribution in [3.05, 3.63) is 35.4 Å². The summed E-state index contributed by atoms with van der Waals surface area (Å²) >= 11 is 0. The molecule has 1 saturated carbocycles. The summed E-state index contributed by atoms with van der Waals surface area (Å²) in [5.41, 5.74) is 1.89. The fourth-order valence-corrected chi connectivity index (χ4v) is 4.22. The van der Waals surface area contributed by atoms with Gasteiger partial charge in [-0.25, -0.2) is 0 Å². The summed E-state index contributed by atoms with van der Waals surface area (Å²) in [7, 11) is 7.92. The molecule has 2 N–H and O–H groups in total. The highest BCUT2D eigenvalue weighted by Crippen LogP contribution is 2.28. The van der Waals surface area contributed by atoms with Gasteiger partial charge >= 0.3 is 0 Å². The number of nitrogens with zero attached hydrogens (tertiary/aromatic N) is 3. The van der Waals surface area contributed by atoms with E-state index in [0.717, 1.165) is 49.1 Å². The van der Waals surface area contributed by atoms with Crippen LogP contribution in [0.4, 0.5) is 0 Å². The second-order valence-corrected chi connectivity index (χ2v) is 8.73. The highest BCUT2D eigenvalue weighted by Gasteiger charge is 2.25. The van der Waals surface area contributed by atoms with Crippen molar-refractivity contribution in [3.63, 3.8) is 0 Å². The van der Waals surface area contributed by atoms with Crippen LogP contribution in [0.15, 0.2) is 29.3 Å². The van der Waals surface area contributed by atoms with Crippen molar-refractivity contribution in [2.75, 3.05) is 47.8 Å². The number of halogens is 1. The van der Waals surface area contributed by atoms with Crippen LogP contribution in [-0.4, -0.2) is 75.5 Å². The molecule has 6 nitrogen and oxygen atoms in total. The summed E-state index contributed by atoms with van der Waals surface area (Å²) in [6.45, 7) is 4.54. The number of likely N-dealkylation sites (N-methyl/N-ethyl adjacent to an activating group) is 1. The first-order valence-electron chi connectivity index (χ1n) is 11.4. The highest BCUT2D eigenvalue weighted by atomic mass is 127. The molecule has 1 atom stereocenters. The van der Waals surface area contributed by atoms with E-state index in [-0.39, 0.29) is 29.9 Å². The Hall–Kier alpha value is -1.35. The number of carbonyl (C=O) groups excluding carboxylic acids is 1. The molecule has 1 fully saturated rings. The van der Waals surface area contributed by atoms with Crippen LogP contribution < -0.4 is 10.6 Å². The molecule has 31 heavy (non-hydrogen) atoms. The highest BCUT2D eigenvalue weighted by molar-refractivity contribution is 14.0. The third-order valence-corrected chi connectivity index (χ3v) is 5.92. The molecule has 1 aromatic rings. The van der Waals surface area contributed by atoms with Crippen molar-refractivity contribution in [1.29, 1.82) is 0 Å². The third kappa shape index (κ3) is 9.35. The lowest BCUT2D eigenvalue weighted by molar-refractivity contribution is 0.0827. The second-order valence-electron chi connectivity index (χ2n) is 8.73. The molecular formula is C24H42IN5O. The first-order chi connectivity index (χ1) is 14.4. The Kier molecular flexibility index (Phi) is 13.1. The molecular weight excluding hydrogens is 501 g/mol. The van der Waals surface area contributed by atoms with Crippen molar-refractivity contribution in [2.45, 2.75) is 51.5 Å². The SMILES string of the molecule is CCNC(=NCC(C1CCCCC1)N(C)C)NCCc1cccc(C(=O)N(C)C)c1.I. The molecule has 0 bridgehead atoms. The Labute approximate surface area is 206 Å². The number of hydrogen-bond donors (Lipinski definition) is 2. The lowest BCUT2D eigenvalue weighted by atomic mass is 9.83. The summed E-state index contributed by atoms with van der Waals surface area (Å²) < 4.78 is 0. The van der Waals surface area contributed by atoms with Gasteiger partial charge in [0.05, 0.1) is 6.54 Å². The molecule has 0 saturated heterocycles. The van der Waals surface area contributed by atoms with Gasteiger partial charge in [0.15, 0.2) is 5.96 Å². The minimum absolute atomic E-state index is 0. The summed E-state index contributed by atoms with van der Waals surface area (Å²) in [6.07, 6.45) is 7.58. The molecule has 0 radical (unpaired) electrons. The maximum absolute atomic E-state index is 12.2. The number of rotatable bonds is 9. The molecule has 1 aromatic carbocycles. The lowest BCUT2D eigenvalue weighted by Crippen LogP contribution is -2.42. The average Bonchev–Trinajstić information content (AvgIpc) is 2.74. The van der Waals surface area contributed by atoms with Gasteiger partial charge in [-0.05, 0) is 63.9 Å². The first-order valence-corrected chi connectivity index (χ1v) is 11.4. The van der Waals surface area contributed by atoms with E-state index in [9.17, 15) is 4.79 Å². The number of guanidine groups is 1. The minimum Gasteiger partial charge on any atom is -0.357 e. The summed E-state index contributed by atoms with van der Waals surface area (Å²) in [4.78, 5) is 21.0. The minimum atomic E-state index is 0. The summed E-state index contributed by atoms with van der Waals surface area (Å²) in [6, 6.07) is 8.38. The number of aliphatic imine (C=N–C) groups is 1. The summed E-state index contributed by atoms with van der Waals surface area (Å²) in [5, 5.41) is 6.83. The second kappa shape index (κ2) is 14.7. The third-order valence-electron chi connectivity index (χ3n) is 5.92. The summed E-state index contributed by atoms with van der Waals surface area (Å²) in [5.74, 6) is 1.66. The topological polar surface area (TPSA) is 60.0 Å². The largest absolute Gasteiger partial charge is 0.357 e. The molecule has 0 heterocycles. The van der Waals surface area contributed by atoms with E-state index in [4.69, 9.17) is 4.99 Å². The van der Waals surface area contributed by atoms with E-state index in [1.807, 2.05) is 18.2 Å². The van der Waals surface area contributed by atoms with Gasteiger partial charge in [-0.2, -0.15) is 0 Å². The Bertz CT molecular complexity index is 686. The zero-order valence-corrected chi connectivity index (χ0v) is 22.3. The zero-order valence-electron chi connectivity index (χ0n) is 20.0. The Balaban J connectivity index is 0.00000480. The number of amides is 1. The molecule has 2 rings (SSSR count). The monoisotopic (exact) mass is 543 g/mol. The molecule has 0 spiro atoms. The van der Waals surface area contributed by atoms with Crippen molar-refractivity contribution in [3.8, 4) is 0 Å². The predicted molar refractivity (Wildman–Crippen MR) is 142 cm³/mol. The number of benzene rings is 1. The van der Waals surface area contributed by atoms with Gasteiger partial charge < -0.3 is 20.4 Å². The first kappa shape index (κ1) is 27.7. The molecule has 1 amide bonds. The molecule has 1 aliphatic rings.